The Balaban J connectivity index is 1.47. The summed E-state index contributed by atoms with van der Waals surface area (Å²) in [6, 6.07) is 17.3. The molecule has 1 aliphatic rings. The summed E-state index contributed by atoms with van der Waals surface area (Å²) in [6.45, 7) is 2.05. The van der Waals surface area contributed by atoms with E-state index in [0.29, 0.717) is 16.3 Å². The Bertz CT molecular complexity index is 994. The zero-order chi connectivity index (χ0) is 20.2. The second kappa shape index (κ2) is 8.57. The number of rotatable bonds is 7. The quantitative estimate of drug-likeness (QED) is 0.607. The fraction of sp³-hybridized carbons (Fsp3) is 0.261. The number of thiophene rings is 1. The van der Waals surface area contributed by atoms with E-state index < -0.39 is 0 Å². The van der Waals surface area contributed by atoms with Gasteiger partial charge < -0.3 is 10.6 Å². The molecule has 6 heteroatoms. The maximum atomic E-state index is 12.9. The van der Waals surface area contributed by atoms with Crippen LogP contribution in [-0.4, -0.2) is 16.8 Å². The van der Waals surface area contributed by atoms with Gasteiger partial charge in [-0.25, -0.2) is 0 Å². The van der Waals surface area contributed by atoms with E-state index in [2.05, 4.69) is 46.8 Å². The van der Waals surface area contributed by atoms with Crippen LogP contribution in [0.3, 0.4) is 0 Å². The first-order valence-corrected chi connectivity index (χ1v) is 10.6. The third kappa shape index (κ3) is 5.09. The first-order valence-electron chi connectivity index (χ1n) is 9.76. The molecule has 0 spiro atoms. The molecule has 0 saturated heterocycles. The lowest BCUT2D eigenvalue weighted by molar-refractivity contribution is -0.117. The number of carbonyl (C=O) groups excluding carboxylic acids is 2. The van der Waals surface area contributed by atoms with Crippen LogP contribution < -0.4 is 10.6 Å². The van der Waals surface area contributed by atoms with Gasteiger partial charge in [0.25, 0.3) is 5.91 Å². The molecule has 1 fully saturated rings. The van der Waals surface area contributed by atoms with Crippen molar-refractivity contribution in [2.75, 3.05) is 5.32 Å². The number of hydrogen-bond acceptors (Lipinski definition) is 4. The molecule has 5 nitrogen and oxygen atoms in total. The Hall–Kier alpha value is -2.99. The fourth-order valence-corrected chi connectivity index (χ4v) is 3.91. The standard InChI is InChI=1S/C23H23N3O2S/c1-15-5-7-16(8-6-15)14-19(18-4-2-3-13-24-18)25-23(28)20-11-12-21(29-20)26-22(27)17-9-10-17/h2-8,11-13,17,19H,9-10,14H2,1H3,(H,25,28)(H,26,27). The molecule has 0 bridgehead atoms. The highest BCUT2D eigenvalue weighted by molar-refractivity contribution is 7.18. The van der Waals surface area contributed by atoms with Crippen LogP contribution in [0.2, 0.25) is 0 Å². The molecular formula is C23H23N3O2S. The zero-order valence-corrected chi connectivity index (χ0v) is 17.0. The lowest BCUT2D eigenvalue weighted by atomic mass is 10.0. The minimum Gasteiger partial charge on any atom is -0.343 e. The smallest absolute Gasteiger partial charge is 0.261 e. The zero-order valence-electron chi connectivity index (χ0n) is 16.2. The van der Waals surface area contributed by atoms with Gasteiger partial charge in [0.2, 0.25) is 5.91 Å². The number of aryl methyl sites for hydroxylation is 1. The molecule has 0 radical (unpaired) electrons. The van der Waals surface area contributed by atoms with Gasteiger partial charge in [0.1, 0.15) is 0 Å². The van der Waals surface area contributed by atoms with Crippen molar-refractivity contribution in [1.29, 1.82) is 0 Å². The predicted molar refractivity (Wildman–Crippen MR) is 115 cm³/mol. The number of pyridine rings is 1. The van der Waals surface area contributed by atoms with Crippen LogP contribution in [0, 0.1) is 12.8 Å². The van der Waals surface area contributed by atoms with Gasteiger partial charge in [0.15, 0.2) is 0 Å². The molecule has 1 aromatic carbocycles. The Morgan fingerprint density at radius 1 is 1.10 bits per heavy atom. The summed E-state index contributed by atoms with van der Waals surface area (Å²) in [5, 5.41) is 6.72. The van der Waals surface area contributed by atoms with Crippen molar-refractivity contribution in [2.45, 2.75) is 32.2 Å². The summed E-state index contributed by atoms with van der Waals surface area (Å²) in [4.78, 5) is 29.8. The monoisotopic (exact) mass is 405 g/mol. The van der Waals surface area contributed by atoms with Gasteiger partial charge in [-0.05, 0) is 56.0 Å². The van der Waals surface area contributed by atoms with Gasteiger partial charge in [-0.2, -0.15) is 0 Å². The number of anilines is 1. The van der Waals surface area contributed by atoms with Crippen LogP contribution >= 0.6 is 11.3 Å². The largest absolute Gasteiger partial charge is 0.343 e. The molecule has 2 N–H and O–H groups in total. The van der Waals surface area contributed by atoms with Gasteiger partial charge in [-0.15, -0.1) is 11.3 Å². The van der Waals surface area contributed by atoms with E-state index >= 15 is 0 Å². The normalized spacial score (nSPS) is 14.2. The molecule has 29 heavy (non-hydrogen) atoms. The highest BCUT2D eigenvalue weighted by Crippen LogP contribution is 2.31. The minimum absolute atomic E-state index is 0.0459. The minimum atomic E-state index is -0.238. The summed E-state index contributed by atoms with van der Waals surface area (Å²) < 4.78 is 0. The molecule has 0 aliphatic heterocycles. The maximum Gasteiger partial charge on any atom is 0.261 e. The third-order valence-corrected chi connectivity index (χ3v) is 5.93. The Labute approximate surface area is 174 Å². The SMILES string of the molecule is Cc1ccc(CC(NC(=O)c2ccc(NC(=O)C3CC3)s2)c2ccccn2)cc1. The van der Waals surface area contributed by atoms with E-state index in [0.717, 1.165) is 24.1 Å². The second-order valence-electron chi connectivity index (χ2n) is 7.40. The van der Waals surface area contributed by atoms with E-state index in [9.17, 15) is 9.59 Å². The van der Waals surface area contributed by atoms with Crippen LogP contribution in [0.1, 0.15) is 45.4 Å². The summed E-state index contributed by atoms with van der Waals surface area (Å²) in [5.74, 6) is 0.0200. The first kappa shape index (κ1) is 19.3. The van der Waals surface area contributed by atoms with Crippen molar-refractivity contribution in [3.8, 4) is 0 Å². The topological polar surface area (TPSA) is 71.1 Å². The van der Waals surface area contributed by atoms with Crippen LogP contribution in [0.25, 0.3) is 0 Å². The number of nitrogens with one attached hydrogen (secondary N) is 2. The first-order chi connectivity index (χ1) is 14.1. The molecule has 2 heterocycles. The summed E-state index contributed by atoms with van der Waals surface area (Å²) >= 11 is 1.30. The Kier molecular flexibility index (Phi) is 5.71. The average molecular weight is 406 g/mol. The van der Waals surface area contributed by atoms with Crippen molar-refractivity contribution in [1.82, 2.24) is 10.3 Å². The van der Waals surface area contributed by atoms with Crippen LogP contribution in [0.15, 0.2) is 60.8 Å². The van der Waals surface area contributed by atoms with E-state index in [4.69, 9.17) is 0 Å². The van der Waals surface area contributed by atoms with Gasteiger partial charge >= 0.3 is 0 Å². The van der Waals surface area contributed by atoms with Crippen molar-refractivity contribution in [2.24, 2.45) is 5.92 Å². The molecule has 1 unspecified atom stereocenters. The molecule has 1 aliphatic carbocycles. The average Bonchev–Trinajstić information content (AvgIpc) is 3.49. The van der Waals surface area contributed by atoms with Crippen molar-refractivity contribution in [3.63, 3.8) is 0 Å². The molecule has 3 aromatic rings. The summed E-state index contributed by atoms with van der Waals surface area (Å²) in [7, 11) is 0. The van der Waals surface area contributed by atoms with Gasteiger partial charge in [-0.3, -0.25) is 14.6 Å². The van der Waals surface area contributed by atoms with Crippen molar-refractivity contribution < 1.29 is 9.59 Å². The van der Waals surface area contributed by atoms with Gasteiger partial charge in [-0.1, -0.05) is 35.9 Å². The van der Waals surface area contributed by atoms with Crippen LogP contribution in [0.5, 0.6) is 0 Å². The van der Waals surface area contributed by atoms with Crippen LogP contribution in [-0.2, 0) is 11.2 Å². The fourth-order valence-electron chi connectivity index (χ4n) is 3.10. The number of benzene rings is 1. The highest BCUT2D eigenvalue weighted by atomic mass is 32.1. The summed E-state index contributed by atoms with van der Waals surface area (Å²) in [5.41, 5.74) is 3.15. The van der Waals surface area contributed by atoms with E-state index in [-0.39, 0.29) is 23.8 Å². The number of aromatic nitrogens is 1. The van der Waals surface area contributed by atoms with Crippen molar-refractivity contribution >= 4 is 28.2 Å². The predicted octanol–water partition coefficient (Wildman–Crippen LogP) is 4.51. The van der Waals surface area contributed by atoms with Crippen molar-refractivity contribution in [3.05, 3.63) is 82.5 Å². The number of amides is 2. The molecule has 2 aromatic heterocycles. The number of nitrogens with zero attached hydrogens (tertiary/aromatic N) is 1. The van der Waals surface area contributed by atoms with Gasteiger partial charge in [0, 0.05) is 12.1 Å². The second-order valence-corrected chi connectivity index (χ2v) is 8.48. The van der Waals surface area contributed by atoms with E-state index in [1.165, 1.54) is 16.9 Å². The molecule has 1 atom stereocenters. The van der Waals surface area contributed by atoms with Crippen LogP contribution in [0.4, 0.5) is 5.00 Å². The Morgan fingerprint density at radius 2 is 1.90 bits per heavy atom. The molecule has 2 amide bonds. The maximum absolute atomic E-state index is 12.9. The molecule has 148 valence electrons. The molecular weight excluding hydrogens is 382 g/mol. The highest BCUT2D eigenvalue weighted by Gasteiger charge is 2.30. The number of hydrogen-bond donors (Lipinski definition) is 2. The van der Waals surface area contributed by atoms with Gasteiger partial charge in [0.05, 0.1) is 21.6 Å². The lowest BCUT2D eigenvalue weighted by Crippen LogP contribution is -2.30. The molecule has 4 rings (SSSR count). The van der Waals surface area contributed by atoms with E-state index in [1.54, 1.807) is 18.3 Å². The van der Waals surface area contributed by atoms with E-state index in [1.807, 2.05) is 18.2 Å². The lowest BCUT2D eigenvalue weighted by Gasteiger charge is -2.18. The molecule has 1 saturated carbocycles. The Morgan fingerprint density at radius 3 is 2.59 bits per heavy atom. The number of carbonyl (C=O) groups is 2. The summed E-state index contributed by atoms with van der Waals surface area (Å²) in [6.07, 6.45) is 4.30. The third-order valence-electron chi connectivity index (χ3n) is 4.93.